The van der Waals surface area contributed by atoms with Gasteiger partial charge in [0.25, 0.3) is 0 Å². The molecule has 138 valence electrons. The highest BCUT2D eigenvalue weighted by Crippen LogP contribution is 2.31. The molecule has 2 atom stereocenters. The smallest absolute Gasteiger partial charge is 0.236 e. The van der Waals surface area contributed by atoms with Crippen molar-refractivity contribution in [2.45, 2.75) is 51.5 Å². The molecule has 3 rings (SSSR count). The summed E-state index contributed by atoms with van der Waals surface area (Å²) in [6, 6.07) is 4.19. The molecule has 0 aliphatic carbocycles. The number of amides is 2. The van der Waals surface area contributed by atoms with Crippen LogP contribution in [0.5, 0.6) is 0 Å². The molecular weight excluding hydrogens is 318 g/mol. The van der Waals surface area contributed by atoms with E-state index in [-0.39, 0.29) is 23.8 Å². The fourth-order valence-electron chi connectivity index (χ4n) is 4.02. The van der Waals surface area contributed by atoms with Gasteiger partial charge in [-0.3, -0.25) is 14.5 Å². The second kappa shape index (κ2) is 8.04. The average molecular weight is 347 g/mol. The average Bonchev–Trinajstić information content (AvgIpc) is 2.90. The number of hydrogen-bond donors (Lipinski definition) is 1. The zero-order chi connectivity index (χ0) is 17.8. The zero-order valence-electron chi connectivity index (χ0n) is 15.1. The Hall–Kier alpha value is -1.82. The molecule has 25 heavy (non-hydrogen) atoms. The van der Waals surface area contributed by atoms with Crippen molar-refractivity contribution in [3.8, 4) is 0 Å². The van der Waals surface area contributed by atoms with Gasteiger partial charge in [0.2, 0.25) is 11.8 Å². The van der Waals surface area contributed by atoms with E-state index in [0.717, 1.165) is 56.7 Å². The molecule has 0 saturated carbocycles. The number of nitrogens with two attached hydrogens (primary N) is 1. The van der Waals surface area contributed by atoms with Gasteiger partial charge in [0, 0.05) is 13.1 Å². The molecule has 0 aromatic carbocycles. The lowest BCUT2D eigenvalue weighted by atomic mass is 9.97. The Bertz CT molecular complexity index is 613. The molecule has 3 heterocycles. The Morgan fingerprint density at radius 2 is 2.00 bits per heavy atom. The Kier molecular flexibility index (Phi) is 5.78. The zero-order valence-corrected chi connectivity index (χ0v) is 15.1. The monoisotopic (exact) mass is 347 g/mol. The number of carbonyl (C=O) groups is 2. The van der Waals surface area contributed by atoms with Gasteiger partial charge in [0.15, 0.2) is 0 Å². The van der Waals surface area contributed by atoms with Crippen molar-refractivity contribution in [3.63, 3.8) is 0 Å². The van der Waals surface area contributed by atoms with Gasteiger partial charge in [0.05, 0.1) is 18.5 Å². The van der Waals surface area contributed by atoms with Crippen molar-refractivity contribution >= 4 is 11.8 Å². The maximum absolute atomic E-state index is 12.8. The van der Waals surface area contributed by atoms with Crippen LogP contribution >= 0.6 is 0 Å². The van der Waals surface area contributed by atoms with E-state index in [1.807, 2.05) is 24.0 Å². The Morgan fingerprint density at radius 3 is 2.72 bits per heavy atom. The summed E-state index contributed by atoms with van der Waals surface area (Å²) in [6.07, 6.45) is 6.10. The van der Waals surface area contributed by atoms with Crippen molar-refractivity contribution in [1.82, 2.24) is 9.80 Å². The first-order chi connectivity index (χ1) is 12.0. The lowest BCUT2D eigenvalue weighted by molar-refractivity contribution is -0.136. The number of furan rings is 1. The minimum atomic E-state index is -0.295. The molecule has 2 aliphatic heterocycles. The first kappa shape index (κ1) is 18.0. The van der Waals surface area contributed by atoms with E-state index >= 15 is 0 Å². The third-order valence-electron chi connectivity index (χ3n) is 5.47. The SMILES string of the molecule is Cc1ccc([C@H]2CCCCCN2CC(=O)N2CCC[C@@H](C(N)=O)C2)o1. The van der Waals surface area contributed by atoms with Crippen LogP contribution in [0.15, 0.2) is 16.5 Å². The summed E-state index contributed by atoms with van der Waals surface area (Å²) in [4.78, 5) is 28.4. The van der Waals surface area contributed by atoms with Crippen LogP contribution in [0, 0.1) is 12.8 Å². The predicted molar refractivity (Wildman–Crippen MR) is 94.7 cm³/mol. The predicted octanol–water partition coefficient (Wildman–Crippen LogP) is 2.23. The first-order valence-electron chi connectivity index (χ1n) is 9.42. The molecule has 2 aliphatic rings. The summed E-state index contributed by atoms with van der Waals surface area (Å²) >= 11 is 0. The molecule has 2 N–H and O–H groups in total. The molecule has 2 saturated heterocycles. The molecule has 0 spiro atoms. The molecule has 0 bridgehead atoms. The van der Waals surface area contributed by atoms with Gasteiger partial charge >= 0.3 is 0 Å². The number of hydrogen-bond acceptors (Lipinski definition) is 4. The van der Waals surface area contributed by atoms with Crippen LogP contribution in [0.2, 0.25) is 0 Å². The van der Waals surface area contributed by atoms with Crippen molar-refractivity contribution in [1.29, 1.82) is 0 Å². The van der Waals surface area contributed by atoms with Crippen molar-refractivity contribution in [2.75, 3.05) is 26.2 Å². The summed E-state index contributed by atoms with van der Waals surface area (Å²) < 4.78 is 5.86. The fraction of sp³-hybridized carbons (Fsp3) is 0.684. The summed E-state index contributed by atoms with van der Waals surface area (Å²) in [7, 11) is 0. The molecule has 1 aromatic heterocycles. The van der Waals surface area contributed by atoms with Crippen LogP contribution in [-0.2, 0) is 9.59 Å². The van der Waals surface area contributed by atoms with Crippen molar-refractivity contribution in [3.05, 3.63) is 23.7 Å². The number of nitrogens with zero attached hydrogens (tertiary/aromatic N) is 2. The van der Waals surface area contributed by atoms with Gasteiger partial charge in [-0.2, -0.15) is 0 Å². The quantitative estimate of drug-likeness (QED) is 0.906. The molecule has 6 nitrogen and oxygen atoms in total. The number of rotatable bonds is 4. The van der Waals surface area contributed by atoms with E-state index in [1.54, 1.807) is 0 Å². The van der Waals surface area contributed by atoms with E-state index in [0.29, 0.717) is 13.1 Å². The highest BCUT2D eigenvalue weighted by atomic mass is 16.3. The Morgan fingerprint density at radius 1 is 1.16 bits per heavy atom. The standard InChI is InChI=1S/C19H29N3O3/c1-14-8-9-17(25-14)16-7-3-2-4-10-21(16)13-18(23)22-11-5-6-15(12-22)19(20)24/h8-9,15-16H,2-7,10-13H2,1H3,(H2,20,24)/t15-,16-/m1/s1. The van der Waals surface area contributed by atoms with Crippen LogP contribution in [0.25, 0.3) is 0 Å². The number of likely N-dealkylation sites (tertiary alicyclic amines) is 2. The minimum absolute atomic E-state index is 0.0983. The Labute approximate surface area is 149 Å². The largest absolute Gasteiger partial charge is 0.465 e. The molecule has 2 fully saturated rings. The van der Waals surface area contributed by atoms with E-state index in [1.165, 1.54) is 6.42 Å². The minimum Gasteiger partial charge on any atom is -0.465 e. The lowest BCUT2D eigenvalue weighted by Gasteiger charge is -2.34. The lowest BCUT2D eigenvalue weighted by Crippen LogP contribution is -2.48. The molecule has 0 radical (unpaired) electrons. The second-order valence-electron chi connectivity index (χ2n) is 7.37. The summed E-state index contributed by atoms with van der Waals surface area (Å²) in [6.45, 7) is 4.43. The van der Waals surface area contributed by atoms with Crippen molar-refractivity contribution < 1.29 is 14.0 Å². The number of aryl methyl sites for hydroxylation is 1. The van der Waals surface area contributed by atoms with E-state index in [9.17, 15) is 9.59 Å². The van der Waals surface area contributed by atoms with Gasteiger partial charge < -0.3 is 15.1 Å². The van der Waals surface area contributed by atoms with Crippen LogP contribution in [-0.4, -0.2) is 47.8 Å². The first-order valence-corrected chi connectivity index (χ1v) is 9.42. The van der Waals surface area contributed by atoms with Crippen LogP contribution in [0.3, 0.4) is 0 Å². The summed E-state index contributed by atoms with van der Waals surface area (Å²) in [5, 5.41) is 0. The molecule has 1 aromatic rings. The van der Waals surface area contributed by atoms with Crippen molar-refractivity contribution in [2.24, 2.45) is 11.7 Å². The molecule has 6 heteroatoms. The van der Waals surface area contributed by atoms with E-state index in [2.05, 4.69) is 4.90 Å². The van der Waals surface area contributed by atoms with E-state index < -0.39 is 0 Å². The van der Waals surface area contributed by atoms with E-state index in [4.69, 9.17) is 10.2 Å². The van der Waals surface area contributed by atoms with Gasteiger partial charge in [-0.05, 0) is 51.3 Å². The summed E-state index contributed by atoms with van der Waals surface area (Å²) in [5.41, 5.74) is 5.44. The molecule has 0 unspecified atom stereocenters. The third kappa shape index (κ3) is 4.42. The second-order valence-corrected chi connectivity index (χ2v) is 7.37. The topological polar surface area (TPSA) is 79.8 Å². The molecular formula is C19H29N3O3. The summed E-state index contributed by atoms with van der Waals surface area (Å²) in [5.74, 6) is 1.47. The Balaban J connectivity index is 1.67. The van der Waals surface area contributed by atoms with Gasteiger partial charge in [0.1, 0.15) is 11.5 Å². The highest BCUT2D eigenvalue weighted by Gasteiger charge is 2.31. The maximum atomic E-state index is 12.8. The van der Waals surface area contributed by atoms with Gasteiger partial charge in [-0.15, -0.1) is 0 Å². The number of carbonyl (C=O) groups excluding carboxylic acids is 2. The normalized spacial score (nSPS) is 25.6. The number of primary amides is 1. The fourth-order valence-corrected chi connectivity index (χ4v) is 4.02. The molecule has 2 amide bonds. The highest BCUT2D eigenvalue weighted by molar-refractivity contribution is 5.81. The third-order valence-corrected chi connectivity index (χ3v) is 5.47. The van der Waals surface area contributed by atoms with Gasteiger partial charge in [-0.1, -0.05) is 12.8 Å². The van der Waals surface area contributed by atoms with Crippen LogP contribution in [0.4, 0.5) is 0 Å². The number of piperidine rings is 1. The van der Waals surface area contributed by atoms with Crippen LogP contribution in [0.1, 0.15) is 56.1 Å². The maximum Gasteiger partial charge on any atom is 0.236 e. The van der Waals surface area contributed by atoms with Crippen LogP contribution < -0.4 is 5.73 Å². The van der Waals surface area contributed by atoms with Gasteiger partial charge in [-0.25, -0.2) is 0 Å².